The molecule has 3 aromatic heterocycles. The maximum Gasteiger partial charge on any atom is 0.468 e. The summed E-state index contributed by atoms with van der Waals surface area (Å²) in [5.74, 6) is -2.93. The monoisotopic (exact) mass is 470 g/mol. The Morgan fingerprint density at radius 1 is 1.12 bits per heavy atom. The van der Waals surface area contributed by atoms with Gasteiger partial charge in [0.05, 0.1) is 17.4 Å². The van der Waals surface area contributed by atoms with Gasteiger partial charge in [-0.15, -0.1) is 0 Å². The second-order valence-electron chi connectivity index (χ2n) is 7.55. The number of pyridine rings is 2. The summed E-state index contributed by atoms with van der Waals surface area (Å²) in [5, 5.41) is 2.65. The molecule has 0 aromatic carbocycles. The average molecular weight is 470 g/mol. The highest BCUT2D eigenvalue weighted by molar-refractivity contribution is 5.92. The molecule has 33 heavy (non-hydrogen) atoms. The highest BCUT2D eigenvalue weighted by Crippen LogP contribution is 2.35. The first-order valence-electron chi connectivity index (χ1n) is 9.81. The largest absolute Gasteiger partial charge is 0.468 e. The van der Waals surface area contributed by atoms with Crippen LogP contribution in [0.4, 0.5) is 26.3 Å². The molecule has 3 heterocycles. The van der Waals surface area contributed by atoms with Gasteiger partial charge in [-0.2, -0.15) is 26.3 Å². The Balaban J connectivity index is 1.63. The highest BCUT2D eigenvalue weighted by Gasteiger charge is 2.39. The molecule has 12 heteroatoms. The van der Waals surface area contributed by atoms with Crippen molar-refractivity contribution in [3.05, 3.63) is 64.8 Å². The van der Waals surface area contributed by atoms with Crippen LogP contribution in [0, 0.1) is 6.92 Å². The number of carbonyl (C=O) groups excluding carboxylic acids is 1. The lowest BCUT2D eigenvalue weighted by Gasteiger charge is -2.26. The number of oxazole rings is 1. The zero-order valence-electron chi connectivity index (χ0n) is 17.0. The van der Waals surface area contributed by atoms with E-state index in [0.29, 0.717) is 24.8 Å². The normalized spacial score (nSPS) is 16.4. The van der Waals surface area contributed by atoms with Crippen molar-refractivity contribution < 1.29 is 35.6 Å². The number of fused-ring (bicyclic) bond motifs is 1. The zero-order valence-corrected chi connectivity index (χ0v) is 17.0. The summed E-state index contributed by atoms with van der Waals surface area (Å²) in [7, 11) is 0. The van der Waals surface area contributed by atoms with Crippen molar-refractivity contribution in [3.8, 4) is 11.3 Å². The topological polar surface area (TPSA) is 80.9 Å². The van der Waals surface area contributed by atoms with Crippen LogP contribution in [0.3, 0.4) is 0 Å². The molecule has 1 N–H and O–H groups in total. The Morgan fingerprint density at radius 3 is 2.55 bits per heavy atom. The number of amides is 1. The van der Waals surface area contributed by atoms with Crippen LogP contribution in [0.2, 0.25) is 0 Å². The molecule has 0 fully saturated rings. The molecule has 6 nitrogen and oxygen atoms in total. The summed E-state index contributed by atoms with van der Waals surface area (Å²) in [4.78, 5) is 23.5. The third-order valence-electron chi connectivity index (χ3n) is 5.23. The molecule has 0 unspecified atom stereocenters. The molecule has 1 aliphatic rings. The summed E-state index contributed by atoms with van der Waals surface area (Å²) in [6.07, 6.45) is -5.10. The maximum atomic E-state index is 13.0. The third kappa shape index (κ3) is 4.69. The molecule has 0 saturated heterocycles. The standard InChI is InChI=1S/C21H16F6N4O2/c1-10-17(33-19(30-10)21(25,26)27)18(32)31-14-4-2-3-12-9-29-15(8-13(12)14)11-5-6-28-16(7-11)20(22,23)24/h5-9,14H,2-4H2,1H3,(H,31,32)/t14-/m0/s1. The highest BCUT2D eigenvalue weighted by atomic mass is 19.4. The molecular formula is C21H16F6N4O2. The van der Waals surface area contributed by atoms with E-state index < -0.39 is 41.6 Å². The van der Waals surface area contributed by atoms with E-state index in [9.17, 15) is 31.1 Å². The predicted molar refractivity (Wildman–Crippen MR) is 102 cm³/mol. The van der Waals surface area contributed by atoms with E-state index in [4.69, 9.17) is 0 Å². The quantitative estimate of drug-likeness (QED) is 0.527. The number of rotatable bonds is 3. The van der Waals surface area contributed by atoms with Crippen LogP contribution < -0.4 is 5.32 Å². The minimum atomic E-state index is -4.83. The van der Waals surface area contributed by atoms with Crippen molar-refractivity contribution in [1.82, 2.24) is 20.3 Å². The number of carbonyl (C=O) groups is 1. The smallest absolute Gasteiger partial charge is 0.427 e. The summed E-state index contributed by atoms with van der Waals surface area (Å²) < 4.78 is 82.2. The minimum absolute atomic E-state index is 0.191. The Kier molecular flexibility index (Phi) is 5.62. The van der Waals surface area contributed by atoms with E-state index in [2.05, 4.69) is 24.7 Å². The minimum Gasteiger partial charge on any atom is -0.427 e. The Labute approximate surface area is 183 Å². The first-order chi connectivity index (χ1) is 15.4. The van der Waals surface area contributed by atoms with Crippen LogP contribution in [0.5, 0.6) is 0 Å². The van der Waals surface area contributed by atoms with Crippen molar-refractivity contribution in [2.24, 2.45) is 0 Å². The van der Waals surface area contributed by atoms with Crippen molar-refractivity contribution in [1.29, 1.82) is 0 Å². The van der Waals surface area contributed by atoms with E-state index >= 15 is 0 Å². The van der Waals surface area contributed by atoms with Crippen LogP contribution in [-0.4, -0.2) is 20.9 Å². The molecule has 1 aliphatic carbocycles. The van der Waals surface area contributed by atoms with Gasteiger partial charge in [-0.05, 0) is 55.5 Å². The van der Waals surface area contributed by atoms with Crippen LogP contribution in [0.15, 0.2) is 35.0 Å². The molecule has 4 rings (SSSR count). The number of aryl methyl sites for hydroxylation is 2. The van der Waals surface area contributed by atoms with Gasteiger partial charge in [-0.1, -0.05) is 0 Å². The molecule has 1 amide bonds. The van der Waals surface area contributed by atoms with E-state index in [1.807, 2.05) is 0 Å². The number of aromatic nitrogens is 3. The van der Waals surface area contributed by atoms with Gasteiger partial charge in [-0.3, -0.25) is 14.8 Å². The SMILES string of the molecule is Cc1nc(C(F)(F)F)oc1C(=O)N[C@H]1CCCc2cnc(-c3ccnc(C(F)(F)F)c3)cc21. The van der Waals surface area contributed by atoms with Crippen molar-refractivity contribution in [3.63, 3.8) is 0 Å². The molecule has 174 valence electrons. The lowest BCUT2D eigenvalue weighted by Crippen LogP contribution is -2.31. The molecule has 0 radical (unpaired) electrons. The number of hydrogen-bond acceptors (Lipinski definition) is 5. The van der Waals surface area contributed by atoms with Crippen LogP contribution in [0.1, 0.15) is 57.8 Å². The van der Waals surface area contributed by atoms with Gasteiger partial charge >= 0.3 is 18.2 Å². The second-order valence-corrected chi connectivity index (χ2v) is 7.55. The molecular weight excluding hydrogens is 454 g/mol. The van der Waals surface area contributed by atoms with Gasteiger partial charge in [0.25, 0.3) is 5.91 Å². The van der Waals surface area contributed by atoms with Gasteiger partial charge in [-0.25, -0.2) is 4.98 Å². The average Bonchev–Trinajstić information content (AvgIpc) is 3.15. The molecule has 1 atom stereocenters. The predicted octanol–water partition coefficient (Wildman–Crippen LogP) is 5.29. The Morgan fingerprint density at radius 2 is 1.88 bits per heavy atom. The third-order valence-corrected chi connectivity index (χ3v) is 5.23. The van der Waals surface area contributed by atoms with Crippen molar-refractivity contribution >= 4 is 5.91 Å². The fraction of sp³-hybridized carbons (Fsp3) is 0.333. The van der Waals surface area contributed by atoms with Gasteiger partial charge in [0.2, 0.25) is 5.76 Å². The first-order valence-corrected chi connectivity index (χ1v) is 9.81. The molecule has 3 aromatic rings. The number of halogens is 6. The van der Waals surface area contributed by atoms with E-state index in [0.717, 1.165) is 17.8 Å². The summed E-state index contributed by atoms with van der Waals surface area (Å²) in [6, 6.07) is 3.24. The zero-order chi connectivity index (χ0) is 24.0. The molecule has 0 saturated carbocycles. The van der Waals surface area contributed by atoms with Crippen LogP contribution in [-0.2, 0) is 18.8 Å². The lowest BCUT2D eigenvalue weighted by molar-refractivity contribution is -0.157. The molecule has 0 spiro atoms. The number of nitrogens with one attached hydrogen (secondary N) is 1. The molecule has 0 bridgehead atoms. The second kappa shape index (κ2) is 8.16. The van der Waals surface area contributed by atoms with Gasteiger partial charge in [0.15, 0.2) is 0 Å². The van der Waals surface area contributed by atoms with E-state index in [-0.39, 0.29) is 17.0 Å². The van der Waals surface area contributed by atoms with Gasteiger partial charge in [0.1, 0.15) is 5.69 Å². The fourth-order valence-corrected chi connectivity index (χ4v) is 3.69. The Bertz CT molecular complexity index is 1200. The first kappa shape index (κ1) is 22.7. The van der Waals surface area contributed by atoms with Crippen LogP contribution in [0.25, 0.3) is 11.3 Å². The number of alkyl halides is 6. The van der Waals surface area contributed by atoms with Gasteiger partial charge < -0.3 is 9.73 Å². The number of hydrogen-bond donors (Lipinski definition) is 1. The van der Waals surface area contributed by atoms with Gasteiger partial charge in [0, 0.05) is 18.0 Å². The molecule has 0 aliphatic heterocycles. The lowest BCUT2D eigenvalue weighted by atomic mass is 9.88. The summed E-state index contributed by atoms with van der Waals surface area (Å²) in [5.41, 5.74) is 0.576. The number of nitrogens with zero attached hydrogens (tertiary/aromatic N) is 3. The fourth-order valence-electron chi connectivity index (χ4n) is 3.69. The maximum absolute atomic E-state index is 13.0. The Hall–Kier alpha value is -3.44. The summed E-state index contributed by atoms with van der Waals surface area (Å²) >= 11 is 0. The van der Waals surface area contributed by atoms with Crippen molar-refractivity contribution in [2.75, 3.05) is 0 Å². The summed E-state index contributed by atoms with van der Waals surface area (Å²) in [6.45, 7) is 1.23. The van der Waals surface area contributed by atoms with E-state index in [1.165, 1.54) is 19.2 Å². The van der Waals surface area contributed by atoms with E-state index in [1.54, 1.807) is 6.07 Å². The van der Waals surface area contributed by atoms with Crippen LogP contribution >= 0.6 is 0 Å². The van der Waals surface area contributed by atoms with Crippen molar-refractivity contribution in [2.45, 2.75) is 44.6 Å².